The van der Waals surface area contributed by atoms with Crippen LogP contribution >= 0.6 is 0 Å². The number of ether oxygens (including phenoxy) is 1. The van der Waals surface area contributed by atoms with Gasteiger partial charge in [0, 0.05) is 56.9 Å². The molecule has 1 aromatic heterocycles. The summed E-state index contributed by atoms with van der Waals surface area (Å²) < 4.78 is 7.71. The van der Waals surface area contributed by atoms with Crippen molar-refractivity contribution in [3.8, 4) is 0 Å². The third kappa shape index (κ3) is 2.59. The Morgan fingerprint density at radius 1 is 1.40 bits per heavy atom. The zero-order valence-electron chi connectivity index (χ0n) is 12.2. The number of hydrogen-bond acceptors (Lipinski definition) is 3. The van der Waals surface area contributed by atoms with Gasteiger partial charge in [0.2, 0.25) is 5.91 Å². The summed E-state index contributed by atoms with van der Waals surface area (Å²) in [5, 5.41) is 0. The fraction of sp³-hybridized carbons (Fsp3) is 0.733. The minimum absolute atomic E-state index is 0.233. The van der Waals surface area contributed by atoms with Gasteiger partial charge in [0.15, 0.2) is 0 Å². The maximum absolute atomic E-state index is 12.1. The Balaban J connectivity index is 1.62. The van der Waals surface area contributed by atoms with Crippen LogP contribution in [0.4, 0.5) is 0 Å². The van der Waals surface area contributed by atoms with E-state index in [1.165, 1.54) is 0 Å². The number of amides is 1. The molecular weight excluding hydrogens is 254 g/mol. The van der Waals surface area contributed by atoms with Gasteiger partial charge in [-0.15, -0.1) is 0 Å². The predicted octanol–water partition coefficient (Wildman–Crippen LogP) is 1.47. The topological polar surface area (TPSA) is 47.4 Å². The lowest BCUT2D eigenvalue weighted by Gasteiger charge is -2.39. The predicted molar refractivity (Wildman–Crippen MR) is 75.3 cm³/mol. The van der Waals surface area contributed by atoms with Crippen molar-refractivity contribution in [3.63, 3.8) is 0 Å². The van der Waals surface area contributed by atoms with Gasteiger partial charge in [-0.25, -0.2) is 4.98 Å². The monoisotopic (exact) mass is 277 g/mol. The number of carbonyl (C=O) groups is 1. The number of aryl methyl sites for hydroxylation is 1. The van der Waals surface area contributed by atoms with Crippen LogP contribution < -0.4 is 0 Å². The number of nitrogens with zero attached hydrogens (tertiary/aromatic N) is 3. The van der Waals surface area contributed by atoms with Crippen molar-refractivity contribution in [3.05, 3.63) is 18.2 Å². The molecule has 1 aromatic rings. The first-order chi connectivity index (χ1) is 9.72. The van der Waals surface area contributed by atoms with Crippen LogP contribution in [-0.4, -0.2) is 46.7 Å². The lowest BCUT2D eigenvalue weighted by molar-refractivity contribution is -0.137. The lowest BCUT2D eigenvalue weighted by atomic mass is 9.79. The molecular formula is C15H23N3O2. The number of aromatic nitrogens is 2. The Morgan fingerprint density at radius 3 is 3.05 bits per heavy atom. The molecule has 0 bridgehead atoms. The van der Waals surface area contributed by atoms with Crippen LogP contribution in [0.1, 0.15) is 32.0 Å². The van der Waals surface area contributed by atoms with Gasteiger partial charge in [0.1, 0.15) is 5.82 Å². The summed E-state index contributed by atoms with van der Waals surface area (Å²) in [7, 11) is 0. The number of carbonyl (C=O) groups excluding carboxylic acids is 1. The van der Waals surface area contributed by atoms with Crippen LogP contribution in [0.15, 0.2) is 12.4 Å². The summed E-state index contributed by atoms with van der Waals surface area (Å²) in [6, 6.07) is 0. The molecule has 0 radical (unpaired) electrons. The average Bonchev–Trinajstić information content (AvgIpc) is 3.09. The molecule has 110 valence electrons. The van der Waals surface area contributed by atoms with Gasteiger partial charge in [-0.05, 0) is 12.8 Å². The summed E-state index contributed by atoms with van der Waals surface area (Å²) in [5.74, 6) is 1.38. The highest BCUT2D eigenvalue weighted by Crippen LogP contribution is 2.37. The van der Waals surface area contributed by atoms with Crippen LogP contribution in [0.3, 0.4) is 0 Å². The van der Waals surface area contributed by atoms with Crippen molar-refractivity contribution in [1.29, 1.82) is 0 Å². The smallest absolute Gasteiger partial charge is 0.222 e. The second kappa shape index (κ2) is 5.56. The van der Waals surface area contributed by atoms with E-state index in [4.69, 9.17) is 4.74 Å². The number of imidazole rings is 1. The summed E-state index contributed by atoms with van der Waals surface area (Å²) >= 11 is 0. The Bertz CT molecular complexity index is 477. The lowest BCUT2D eigenvalue weighted by Crippen LogP contribution is -2.47. The molecule has 1 amide bonds. The van der Waals surface area contributed by atoms with E-state index in [-0.39, 0.29) is 5.41 Å². The van der Waals surface area contributed by atoms with E-state index in [2.05, 4.69) is 16.5 Å². The van der Waals surface area contributed by atoms with Crippen LogP contribution in [0.2, 0.25) is 0 Å². The molecule has 0 unspecified atom stereocenters. The maximum atomic E-state index is 12.1. The van der Waals surface area contributed by atoms with Crippen LogP contribution in [0.5, 0.6) is 0 Å². The van der Waals surface area contributed by atoms with Crippen molar-refractivity contribution in [2.24, 2.45) is 5.41 Å². The number of rotatable bonds is 4. The van der Waals surface area contributed by atoms with E-state index in [1.54, 1.807) is 0 Å². The van der Waals surface area contributed by atoms with Crippen molar-refractivity contribution < 1.29 is 9.53 Å². The third-order valence-electron chi connectivity index (χ3n) is 4.66. The molecule has 2 saturated heterocycles. The molecule has 2 aliphatic heterocycles. The van der Waals surface area contributed by atoms with Crippen molar-refractivity contribution in [2.45, 2.75) is 39.2 Å². The van der Waals surface area contributed by atoms with Gasteiger partial charge < -0.3 is 14.2 Å². The highest BCUT2D eigenvalue weighted by atomic mass is 16.5. The first-order valence-electron chi connectivity index (χ1n) is 7.58. The molecule has 20 heavy (non-hydrogen) atoms. The largest absolute Gasteiger partial charge is 0.381 e. The van der Waals surface area contributed by atoms with Gasteiger partial charge in [-0.3, -0.25) is 4.79 Å². The minimum Gasteiger partial charge on any atom is -0.381 e. The quantitative estimate of drug-likeness (QED) is 0.837. The Morgan fingerprint density at radius 2 is 2.30 bits per heavy atom. The molecule has 2 fully saturated rings. The third-order valence-corrected chi connectivity index (χ3v) is 4.66. The second-order valence-electron chi connectivity index (χ2n) is 6.01. The summed E-state index contributed by atoms with van der Waals surface area (Å²) in [4.78, 5) is 18.5. The maximum Gasteiger partial charge on any atom is 0.222 e. The van der Waals surface area contributed by atoms with Crippen molar-refractivity contribution in [2.75, 3.05) is 26.3 Å². The van der Waals surface area contributed by atoms with E-state index < -0.39 is 0 Å². The first kappa shape index (κ1) is 13.6. The number of piperidine rings is 1. The van der Waals surface area contributed by atoms with Crippen LogP contribution in [-0.2, 0) is 22.5 Å². The highest BCUT2D eigenvalue weighted by Gasteiger charge is 2.41. The SMILES string of the molecule is CCc1nccn1CCN1C[C@]2(CCOC2)CCC1=O. The van der Waals surface area contributed by atoms with Crippen LogP contribution in [0.25, 0.3) is 0 Å². The van der Waals surface area contributed by atoms with Gasteiger partial charge in [0.25, 0.3) is 0 Å². The van der Waals surface area contributed by atoms with Crippen LogP contribution in [0, 0.1) is 5.41 Å². The van der Waals surface area contributed by atoms with Crippen molar-refractivity contribution >= 4 is 5.91 Å². The molecule has 5 heteroatoms. The summed E-state index contributed by atoms with van der Waals surface area (Å²) in [5.41, 5.74) is 0.233. The van der Waals surface area contributed by atoms with E-state index in [1.807, 2.05) is 17.3 Å². The molecule has 3 rings (SSSR count). The summed E-state index contributed by atoms with van der Waals surface area (Å²) in [6.07, 6.45) is 7.53. The number of likely N-dealkylation sites (tertiary alicyclic amines) is 1. The number of hydrogen-bond donors (Lipinski definition) is 0. The fourth-order valence-corrected chi connectivity index (χ4v) is 3.36. The molecule has 1 spiro atoms. The van der Waals surface area contributed by atoms with Gasteiger partial charge in [-0.1, -0.05) is 6.92 Å². The molecule has 0 aliphatic carbocycles. The molecule has 2 aliphatic rings. The van der Waals surface area contributed by atoms with Gasteiger partial charge in [0.05, 0.1) is 6.61 Å². The Hall–Kier alpha value is -1.36. The molecule has 1 atom stereocenters. The molecule has 0 N–H and O–H groups in total. The summed E-state index contributed by atoms with van der Waals surface area (Å²) in [6.45, 7) is 6.26. The normalized spacial score (nSPS) is 26.6. The van der Waals surface area contributed by atoms with Crippen molar-refractivity contribution in [1.82, 2.24) is 14.5 Å². The first-order valence-corrected chi connectivity index (χ1v) is 7.58. The Kier molecular flexibility index (Phi) is 3.78. The highest BCUT2D eigenvalue weighted by molar-refractivity contribution is 5.77. The van der Waals surface area contributed by atoms with E-state index in [9.17, 15) is 4.79 Å². The fourth-order valence-electron chi connectivity index (χ4n) is 3.36. The molecule has 0 saturated carbocycles. The molecule has 5 nitrogen and oxygen atoms in total. The molecule has 0 aromatic carbocycles. The minimum atomic E-state index is 0.233. The Labute approximate surface area is 119 Å². The second-order valence-corrected chi connectivity index (χ2v) is 6.01. The zero-order chi connectivity index (χ0) is 14.0. The standard InChI is InChI=1S/C15H23N3O2/c1-2-13-16-6-7-17(13)8-9-18-11-15(4-3-14(18)19)5-10-20-12-15/h6-7H,2-5,8-12H2,1H3/t15-/m1/s1. The van der Waals surface area contributed by atoms with E-state index in [0.717, 1.165) is 57.9 Å². The average molecular weight is 277 g/mol. The van der Waals surface area contributed by atoms with E-state index in [0.29, 0.717) is 12.3 Å². The zero-order valence-corrected chi connectivity index (χ0v) is 12.2. The van der Waals surface area contributed by atoms with Gasteiger partial charge in [-0.2, -0.15) is 0 Å². The van der Waals surface area contributed by atoms with Gasteiger partial charge >= 0.3 is 0 Å². The van der Waals surface area contributed by atoms with E-state index >= 15 is 0 Å². The molecule has 3 heterocycles.